The molecule has 0 heterocycles. The maximum Gasteiger partial charge on any atom is 0.0897 e. The zero-order valence-electron chi connectivity index (χ0n) is 12.2. The van der Waals surface area contributed by atoms with Crippen molar-refractivity contribution < 1.29 is 19.7 Å². The highest BCUT2D eigenvalue weighted by molar-refractivity contribution is 5.21. The standard InChI is InChI=1S/C15H25NO4/c1-12(10-19-2)20-11-15(18)8-16-7-13-3-5-14(9-17)6-4-13/h3-6,12,15-18H,7-11H2,1-2H3. The highest BCUT2D eigenvalue weighted by Crippen LogP contribution is 2.04. The van der Waals surface area contributed by atoms with Crippen LogP contribution in [0.3, 0.4) is 0 Å². The Labute approximate surface area is 120 Å². The molecule has 114 valence electrons. The summed E-state index contributed by atoms with van der Waals surface area (Å²) in [7, 11) is 1.62. The van der Waals surface area contributed by atoms with Crippen molar-refractivity contribution in [2.75, 3.05) is 26.9 Å². The Kier molecular flexibility index (Phi) is 8.41. The highest BCUT2D eigenvalue weighted by atomic mass is 16.5. The molecule has 0 saturated carbocycles. The minimum absolute atomic E-state index is 0.0133. The molecular weight excluding hydrogens is 258 g/mol. The van der Waals surface area contributed by atoms with Crippen LogP contribution in [0.1, 0.15) is 18.1 Å². The van der Waals surface area contributed by atoms with Crippen LogP contribution in [0.25, 0.3) is 0 Å². The van der Waals surface area contributed by atoms with Gasteiger partial charge in [-0.3, -0.25) is 0 Å². The van der Waals surface area contributed by atoms with Gasteiger partial charge in [0.1, 0.15) is 0 Å². The Balaban J connectivity index is 2.16. The number of aliphatic hydroxyl groups excluding tert-OH is 2. The molecule has 0 amide bonds. The largest absolute Gasteiger partial charge is 0.392 e. The molecule has 5 heteroatoms. The summed E-state index contributed by atoms with van der Waals surface area (Å²) < 4.78 is 10.4. The summed E-state index contributed by atoms with van der Waals surface area (Å²) in [5.41, 5.74) is 2.01. The second-order valence-corrected chi connectivity index (χ2v) is 4.86. The van der Waals surface area contributed by atoms with E-state index in [0.29, 0.717) is 26.3 Å². The first kappa shape index (κ1) is 17.1. The fourth-order valence-electron chi connectivity index (χ4n) is 1.76. The number of rotatable bonds is 10. The summed E-state index contributed by atoms with van der Waals surface area (Å²) in [6.45, 7) is 3.94. The minimum atomic E-state index is -0.536. The number of benzene rings is 1. The lowest BCUT2D eigenvalue weighted by molar-refractivity contribution is -0.0311. The van der Waals surface area contributed by atoms with Gasteiger partial charge >= 0.3 is 0 Å². The van der Waals surface area contributed by atoms with E-state index >= 15 is 0 Å². The SMILES string of the molecule is COCC(C)OCC(O)CNCc1ccc(CO)cc1. The van der Waals surface area contributed by atoms with E-state index in [-0.39, 0.29) is 12.7 Å². The molecule has 2 atom stereocenters. The van der Waals surface area contributed by atoms with Crippen molar-refractivity contribution >= 4 is 0 Å². The van der Waals surface area contributed by atoms with E-state index in [1.807, 2.05) is 31.2 Å². The van der Waals surface area contributed by atoms with E-state index < -0.39 is 6.10 Å². The van der Waals surface area contributed by atoms with Crippen LogP contribution in [0, 0.1) is 0 Å². The summed E-state index contributed by atoms with van der Waals surface area (Å²) in [5.74, 6) is 0. The van der Waals surface area contributed by atoms with Gasteiger partial charge < -0.3 is 25.0 Å². The molecule has 3 N–H and O–H groups in total. The zero-order valence-corrected chi connectivity index (χ0v) is 12.2. The van der Waals surface area contributed by atoms with Crippen LogP contribution in [-0.2, 0) is 22.6 Å². The topological polar surface area (TPSA) is 71.0 Å². The van der Waals surface area contributed by atoms with E-state index in [1.54, 1.807) is 7.11 Å². The molecule has 0 aliphatic carbocycles. The lowest BCUT2D eigenvalue weighted by Gasteiger charge is -2.16. The van der Waals surface area contributed by atoms with Gasteiger partial charge in [-0.1, -0.05) is 24.3 Å². The Hall–Kier alpha value is -0.980. The number of hydrogen-bond acceptors (Lipinski definition) is 5. The third kappa shape index (κ3) is 6.98. The number of nitrogens with one attached hydrogen (secondary N) is 1. The lowest BCUT2D eigenvalue weighted by Crippen LogP contribution is -2.32. The van der Waals surface area contributed by atoms with E-state index in [4.69, 9.17) is 14.6 Å². The van der Waals surface area contributed by atoms with Gasteiger partial charge in [-0.05, 0) is 18.1 Å². The molecule has 0 aliphatic heterocycles. The first-order valence-corrected chi connectivity index (χ1v) is 6.83. The average molecular weight is 283 g/mol. The normalized spacial score (nSPS) is 14.2. The Morgan fingerprint density at radius 1 is 1.15 bits per heavy atom. The highest BCUT2D eigenvalue weighted by Gasteiger charge is 2.07. The molecule has 20 heavy (non-hydrogen) atoms. The molecule has 0 fully saturated rings. The molecule has 1 aromatic rings. The molecule has 1 aromatic carbocycles. The van der Waals surface area contributed by atoms with Crippen LogP contribution >= 0.6 is 0 Å². The summed E-state index contributed by atoms with van der Waals surface area (Å²) in [4.78, 5) is 0. The molecule has 0 aliphatic rings. The van der Waals surface area contributed by atoms with Gasteiger partial charge in [-0.15, -0.1) is 0 Å². The van der Waals surface area contributed by atoms with Gasteiger partial charge in [0.15, 0.2) is 0 Å². The second kappa shape index (κ2) is 9.85. The fourth-order valence-corrected chi connectivity index (χ4v) is 1.76. The van der Waals surface area contributed by atoms with Crippen LogP contribution in [0.2, 0.25) is 0 Å². The summed E-state index contributed by atoms with van der Waals surface area (Å²) in [6, 6.07) is 7.70. The van der Waals surface area contributed by atoms with Gasteiger partial charge in [-0.25, -0.2) is 0 Å². The van der Waals surface area contributed by atoms with Crippen molar-refractivity contribution in [1.82, 2.24) is 5.32 Å². The first-order chi connectivity index (χ1) is 9.65. The van der Waals surface area contributed by atoms with Gasteiger partial charge in [0.25, 0.3) is 0 Å². The predicted molar refractivity (Wildman–Crippen MR) is 77.4 cm³/mol. The van der Waals surface area contributed by atoms with Gasteiger partial charge in [0.2, 0.25) is 0 Å². The van der Waals surface area contributed by atoms with Crippen molar-refractivity contribution in [1.29, 1.82) is 0 Å². The predicted octanol–water partition coefficient (Wildman–Crippen LogP) is 0.681. The Morgan fingerprint density at radius 2 is 1.80 bits per heavy atom. The third-order valence-corrected chi connectivity index (χ3v) is 2.89. The summed E-state index contributed by atoms with van der Waals surface area (Å²) in [5, 5.41) is 21.9. The molecule has 5 nitrogen and oxygen atoms in total. The average Bonchev–Trinajstić information content (AvgIpc) is 2.46. The number of aliphatic hydroxyl groups is 2. The molecular formula is C15H25NO4. The maximum atomic E-state index is 9.77. The second-order valence-electron chi connectivity index (χ2n) is 4.86. The monoisotopic (exact) mass is 283 g/mol. The van der Waals surface area contributed by atoms with Crippen LogP contribution in [-0.4, -0.2) is 49.3 Å². The number of methoxy groups -OCH3 is 1. The number of hydrogen-bond donors (Lipinski definition) is 3. The molecule has 0 saturated heterocycles. The van der Waals surface area contributed by atoms with Gasteiger partial charge in [0.05, 0.1) is 32.0 Å². The fraction of sp³-hybridized carbons (Fsp3) is 0.600. The molecule has 0 radical (unpaired) electrons. The van der Waals surface area contributed by atoms with Crippen molar-refractivity contribution in [3.05, 3.63) is 35.4 Å². The Bertz CT molecular complexity index is 355. The minimum Gasteiger partial charge on any atom is -0.392 e. The first-order valence-electron chi connectivity index (χ1n) is 6.83. The molecule has 0 spiro atoms. The van der Waals surface area contributed by atoms with Crippen LogP contribution in [0.15, 0.2) is 24.3 Å². The molecule has 2 unspecified atom stereocenters. The van der Waals surface area contributed by atoms with Gasteiger partial charge in [0, 0.05) is 20.2 Å². The molecule has 0 aromatic heterocycles. The molecule has 1 rings (SSSR count). The lowest BCUT2D eigenvalue weighted by atomic mass is 10.1. The van der Waals surface area contributed by atoms with Crippen LogP contribution in [0.4, 0.5) is 0 Å². The van der Waals surface area contributed by atoms with Crippen LogP contribution < -0.4 is 5.32 Å². The number of ether oxygens (including phenoxy) is 2. The van der Waals surface area contributed by atoms with E-state index in [9.17, 15) is 5.11 Å². The van der Waals surface area contributed by atoms with Crippen LogP contribution in [0.5, 0.6) is 0 Å². The molecule has 0 bridgehead atoms. The maximum absolute atomic E-state index is 9.77. The summed E-state index contributed by atoms with van der Waals surface area (Å²) >= 11 is 0. The summed E-state index contributed by atoms with van der Waals surface area (Å²) in [6.07, 6.45) is -0.549. The zero-order chi connectivity index (χ0) is 14.8. The van der Waals surface area contributed by atoms with Crippen molar-refractivity contribution in [3.8, 4) is 0 Å². The van der Waals surface area contributed by atoms with E-state index in [2.05, 4.69) is 5.32 Å². The Morgan fingerprint density at radius 3 is 2.40 bits per heavy atom. The van der Waals surface area contributed by atoms with E-state index in [1.165, 1.54) is 0 Å². The smallest absolute Gasteiger partial charge is 0.0897 e. The van der Waals surface area contributed by atoms with E-state index in [0.717, 1.165) is 11.1 Å². The quantitative estimate of drug-likeness (QED) is 0.589. The van der Waals surface area contributed by atoms with Crippen molar-refractivity contribution in [2.45, 2.75) is 32.3 Å². The third-order valence-electron chi connectivity index (χ3n) is 2.89. The van der Waals surface area contributed by atoms with Gasteiger partial charge in [-0.2, -0.15) is 0 Å². The van der Waals surface area contributed by atoms with Crippen molar-refractivity contribution in [3.63, 3.8) is 0 Å². The van der Waals surface area contributed by atoms with Crippen molar-refractivity contribution in [2.24, 2.45) is 0 Å².